The Morgan fingerprint density at radius 1 is 1.12 bits per heavy atom. The van der Waals surface area contributed by atoms with Gasteiger partial charge in [0.05, 0.1) is 11.0 Å². The van der Waals surface area contributed by atoms with Crippen LogP contribution in [0.15, 0.2) is 24.3 Å². The Hall–Kier alpha value is -1.03. The van der Waals surface area contributed by atoms with Gasteiger partial charge in [-0.1, -0.05) is 37.5 Å². The fourth-order valence-electron chi connectivity index (χ4n) is 2.42. The third-order valence-electron chi connectivity index (χ3n) is 3.47. The Morgan fingerprint density at radius 3 is 2.41 bits per heavy atom. The van der Waals surface area contributed by atoms with Gasteiger partial charge in [0.1, 0.15) is 0 Å². The molecule has 1 saturated carbocycles. The molecule has 3 nitrogen and oxygen atoms in total. The van der Waals surface area contributed by atoms with Crippen LogP contribution in [0.2, 0.25) is 0 Å². The number of nitrogen functional groups attached to an aromatic ring is 1. The summed E-state index contributed by atoms with van der Waals surface area (Å²) in [6.45, 7) is 0. The Kier molecular flexibility index (Phi) is 3.72. The Labute approximate surface area is 103 Å². The van der Waals surface area contributed by atoms with E-state index in [-0.39, 0.29) is 11.0 Å². The van der Waals surface area contributed by atoms with E-state index >= 15 is 0 Å². The summed E-state index contributed by atoms with van der Waals surface area (Å²) in [5.41, 5.74) is 7.10. The van der Waals surface area contributed by atoms with Crippen LogP contribution in [0.5, 0.6) is 0 Å². The molecule has 0 aromatic heterocycles. The SMILES string of the molecule is Nc1ccccc1CS(=O)(=O)C1CCCCC1. The van der Waals surface area contributed by atoms with Crippen LogP contribution in [-0.2, 0) is 15.6 Å². The molecule has 0 heterocycles. The fourth-order valence-corrected chi connectivity index (χ4v) is 4.41. The van der Waals surface area contributed by atoms with Crippen molar-refractivity contribution >= 4 is 15.5 Å². The van der Waals surface area contributed by atoms with Gasteiger partial charge in [0.2, 0.25) is 0 Å². The van der Waals surface area contributed by atoms with E-state index in [1.165, 1.54) is 6.42 Å². The maximum absolute atomic E-state index is 12.3. The first-order chi connectivity index (χ1) is 8.09. The Bertz CT molecular complexity index is 476. The molecule has 0 unspecified atom stereocenters. The molecule has 0 saturated heterocycles. The fraction of sp³-hybridized carbons (Fsp3) is 0.538. The lowest BCUT2D eigenvalue weighted by molar-refractivity contribution is 0.483. The maximum Gasteiger partial charge on any atom is 0.157 e. The zero-order valence-electron chi connectivity index (χ0n) is 9.93. The molecular formula is C13H19NO2S. The normalized spacial score (nSPS) is 18.1. The maximum atomic E-state index is 12.3. The lowest BCUT2D eigenvalue weighted by Gasteiger charge is -2.22. The lowest BCUT2D eigenvalue weighted by Crippen LogP contribution is -2.25. The first kappa shape index (κ1) is 12.4. The van der Waals surface area contributed by atoms with Gasteiger partial charge in [-0.05, 0) is 24.5 Å². The molecule has 0 aliphatic heterocycles. The molecule has 1 fully saturated rings. The first-order valence-electron chi connectivity index (χ1n) is 6.14. The third-order valence-corrected chi connectivity index (χ3v) is 5.67. The van der Waals surface area contributed by atoms with E-state index in [4.69, 9.17) is 5.73 Å². The highest BCUT2D eigenvalue weighted by Gasteiger charge is 2.27. The molecule has 1 aromatic rings. The molecule has 1 aliphatic carbocycles. The van der Waals surface area contributed by atoms with Gasteiger partial charge in [0.25, 0.3) is 0 Å². The average molecular weight is 253 g/mol. The summed E-state index contributed by atoms with van der Waals surface area (Å²) >= 11 is 0. The summed E-state index contributed by atoms with van der Waals surface area (Å²) < 4.78 is 24.5. The van der Waals surface area contributed by atoms with E-state index in [0.29, 0.717) is 5.69 Å². The van der Waals surface area contributed by atoms with Crippen molar-refractivity contribution in [3.05, 3.63) is 29.8 Å². The molecule has 0 amide bonds. The quantitative estimate of drug-likeness (QED) is 0.842. The number of hydrogen-bond donors (Lipinski definition) is 1. The Balaban J connectivity index is 2.14. The van der Waals surface area contributed by atoms with Crippen molar-refractivity contribution in [1.29, 1.82) is 0 Å². The molecule has 0 radical (unpaired) electrons. The summed E-state index contributed by atoms with van der Waals surface area (Å²) in [6, 6.07) is 7.22. The second-order valence-corrected chi connectivity index (χ2v) is 7.05. The van der Waals surface area contributed by atoms with Crippen LogP contribution in [-0.4, -0.2) is 13.7 Å². The molecule has 0 atom stereocenters. The standard InChI is InChI=1S/C13H19NO2S/c14-13-9-5-4-6-11(13)10-17(15,16)12-7-2-1-3-8-12/h4-6,9,12H,1-3,7-8,10,14H2. The molecule has 1 aromatic carbocycles. The number of hydrogen-bond acceptors (Lipinski definition) is 3. The van der Waals surface area contributed by atoms with E-state index in [9.17, 15) is 8.42 Å². The van der Waals surface area contributed by atoms with E-state index in [2.05, 4.69) is 0 Å². The summed E-state index contributed by atoms with van der Waals surface area (Å²) in [5.74, 6) is 0.0876. The predicted molar refractivity (Wildman–Crippen MR) is 70.4 cm³/mol. The molecule has 0 spiro atoms. The highest BCUT2D eigenvalue weighted by atomic mass is 32.2. The van der Waals surface area contributed by atoms with Crippen molar-refractivity contribution in [3.63, 3.8) is 0 Å². The van der Waals surface area contributed by atoms with Gasteiger partial charge < -0.3 is 5.73 Å². The highest BCUT2D eigenvalue weighted by molar-refractivity contribution is 7.91. The van der Waals surface area contributed by atoms with Crippen LogP contribution in [0.4, 0.5) is 5.69 Å². The molecule has 0 bridgehead atoms. The van der Waals surface area contributed by atoms with Crippen LogP contribution in [0.3, 0.4) is 0 Å². The van der Waals surface area contributed by atoms with Crippen molar-refractivity contribution in [3.8, 4) is 0 Å². The van der Waals surface area contributed by atoms with Gasteiger partial charge in [-0.25, -0.2) is 8.42 Å². The minimum absolute atomic E-state index is 0.0876. The summed E-state index contributed by atoms with van der Waals surface area (Å²) in [6.07, 6.45) is 4.87. The van der Waals surface area contributed by atoms with Crippen LogP contribution in [0, 0.1) is 0 Å². The molecule has 94 valence electrons. The number of sulfone groups is 1. The highest BCUT2D eigenvalue weighted by Crippen LogP contribution is 2.27. The summed E-state index contributed by atoms with van der Waals surface area (Å²) in [4.78, 5) is 0. The predicted octanol–water partition coefficient (Wildman–Crippen LogP) is 2.52. The molecule has 1 aliphatic rings. The molecule has 17 heavy (non-hydrogen) atoms. The Morgan fingerprint density at radius 2 is 1.76 bits per heavy atom. The average Bonchev–Trinajstić information content (AvgIpc) is 2.33. The van der Waals surface area contributed by atoms with E-state index in [1.807, 2.05) is 12.1 Å². The smallest absolute Gasteiger partial charge is 0.157 e. The number of nitrogens with two attached hydrogens (primary N) is 1. The van der Waals surface area contributed by atoms with E-state index in [0.717, 1.165) is 31.2 Å². The second kappa shape index (κ2) is 5.08. The van der Waals surface area contributed by atoms with Crippen molar-refractivity contribution in [2.45, 2.75) is 43.1 Å². The molecule has 2 N–H and O–H groups in total. The van der Waals surface area contributed by atoms with Crippen LogP contribution in [0.1, 0.15) is 37.7 Å². The van der Waals surface area contributed by atoms with Crippen LogP contribution < -0.4 is 5.73 Å². The topological polar surface area (TPSA) is 60.2 Å². The molecular weight excluding hydrogens is 234 g/mol. The van der Waals surface area contributed by atoms with Crippen LogP contribution in [0.25, 0.3) is 0 Å². The third kappa shape index (κ3) is 3.00. The van der Waals surface area contributed by atoms with Crippen LogP contribution >= 0.6 is 0 Å². The van der Waals surface area contributed by atoms with Gasteiger partial charge in [-0.3, -0.25) is 0 Å². The lowest BCUT2D eigenvalue weighted by atomic mass is 10.0. The zero-order valence-corrected chi connectivity index (χ0v) is 10.7. The number of rotatable bonds is 3. The van der Waals surface area contributed by atoms with Crippen molar-refractivity contribution < 1.29 is 8.42 Å². The van der Waals surface area contributed by atoms with E-state index in [1.54, 1.807) is 12.1 Å². The zero-order chi connectivity index (χ0) is 12.3. The number of para-hydroxylation sites is 1. The summed E-state index contributed by atoms with van der Waals surface area (Å²) in [5, 5.41) is -0.157. The van der Waals surface area contributed by atoms with Crippen molar-refractivity contribution in [2.75, 3.05) is 5.73 Å². The van der Waals surface area contributed by atoms with Crippen molar-refractivity contribution in [1.82, 2.24) is 0 Å². The summed E-state index contributed by atoms with van der Waals surface area (Å²) in [7, 11) is -3.04. The molecule has 4 heteroatoms. The monoisotopic (exact) mass is 253 g/mol. The number of benzene rings is 1. The minimum atomic E-state index is -3.04. The number of anilines is 1. The molecule has 2 rings (SSSR count). The second-order valence-electron chi connectivity index (χ2n) is 4.77. The van der Waals surface area contributed by atoms with Gasteiger partial charge in [0.15, 0.2) is 9.84 Å². The minimum Gasteiger partial charge on any atom is -0.398 e. The van der Waals surface area contributed by atoms with E-state index < -0.39 is 9.84 Å². The van der Waals surface area contributed by atoms with Gasteiger partial charge >= 0.3 is 0 Å². The van der Waals surface area contributed by atoms with Gasteiger partial charge in [-0.15, -0.1) is 0 Å². The van der Waals surface area contributed by atoms with Gasteiger partial charge in [0, 0.05) is 5.69 Å². The van der Waals surface area contributed by atoms with Gasteiger partial charge in [-0.2, -0.15) is 0 Å². The first-order valence-corrected chi connectivity index (χ1v) is 7.86. The largest absolute Gasteiger partial charge is 0.398 e. The van der Waals surface area contributed by atoms with Crippen molar-refractivity contribution in [2.24, 2.45) is 0 Å².